The minimum Gasteiger partial charge on any atom is -0.495 e. The van der Waals surface area contributed by atoms with Crippen molar-refractivity contribution in [1.29, 1.82) is 0 Å². The van der Waals surface area contributed by atoms with Crippen molar-refractivity contribution in [3.8, 4) is 40.2 Å². The van der Waals surface area contributed by atoms with E-state index in [4.69, 9.17) is 72.7 Å². The molecule has 6 N–H and O–H groups in total. The first-order valence-corrected chi connectivity index (χ1v) is 40.2. The largest absolute Gasteiger partial charge is 0.495 e. The van der Waals surface area contributed by atoms with Crippen LogP contribution in [0, 0.1) is 0 Å². The van der Waals surface area contributed by atoms with Crippen LogP contribution in [0.15, 0.2) is 134 Å². The van der Waals surface area contributed by atoms with Crippen LogP contribution in [0.25, 0.3) is 30.6 Å². The summed E-state index contributed by atoms with van der Waals surface area (Å²) < 4.78 is 44.2. The van der Waals surface area contributed by atoms with Crippen LogP contribution in [0.3, 0.4) is 0 Å². The Morgan fingerprint density at radius 2 is 0.863 bits per heavy atom. The minimum absolute atomic E-state index is 0.280. The Hall–Kier alpha value is -12.0. The molecule has 5 aliphatic heterocycles. The number of anilines is 12. The molecule has 0 radical (unpaired) electrons. The number of aromatic nitrogens is 6. The van der Waals surface area contributed by atoms with Crippen molar-refractivity contribution in [2.75, 3.05) is 136 Å². The SMILES string of the molecule is COc1cc(NC(=O)c2sc3ncnc4c3c2NC(=O)N4c2cc(Cl)ccc2OC)ccc1OCCN1CCCCC1.COc1ccc(Cl)cc1N1C(=O)Nc2c(C(=O)Nc3ccc(CN(C)C[C@H]4CCCO4)cc3)sc3ncnc1c23.COc1ccc(NC(=O)c2sc3ncnc4c3c2NC(=O)N4c2cc(Cl)ccc2OC)cc1OC. The van der Waals surface area contributed by atoms with Crippen LogP contribution in [-0.4, -0.2) is 171 Å². The van der Waals surface area contributed by atoms with Gasteiger partial charge < -0.3 is 69.8 Å². The molecule has 0 bridgehead atoms. The molecule has 0 spiro atoms. The number of hydrogen-bond donors (Lipinski definition) is 6. The standard InChI is InChI=1S/C29H29ClN6O5S.C28H27ClN6O4S.C23H18ClN5O5S/c1-39-20-8-6-17(30)14-19(20)36-26-23-24(34-29(36)38)25(42-28(23)32-16-31-26)27(37)33-18-7-9-21(22(15-18)40-2)41-13-12-35-10-4-3-5-11-35;1-34(14-19-4-3-11-39-19)13-16-5-8-18(9-6-16)32-26(36)24-23-22-25(30-15-31-27(22)40-24)35(28(37)33-23)20-12-17(29)7-10-21(20)38-2;1-32-14-6-4-11(24)8-13(14)29-20-17-18(28-23(29)31)19(35-22(17)26-10-25-20)21(30)27-12-5-7-15(33-2)16(9-12)34-3/h6-9,14-16H,3-5,10-13H2,1-2H3,(H,33,37)(H,34,38);5-10,12,15,19H,3-4,11,13-14H2,1-2H3,(H,32,36)(H,33,37);4-10H,1-3H3,(H,27,30)(H,28,31)/t;19-;/m.1./s1. The van der Waals surface area contributed by atoms with Crippen LogP contribution in [0.1, 0.15) is 66.7 Å². The number of urea groups is 3. The van der Waals surface area contributed by atoms with E-state index in [-0.39, 0.29) is 10.8 Å². The maximum Gasteiger partial charge on any atom is 0.332 e. The topological polar surface area (TPSA) is 342 Å². The summed E-state index contributed by atoms with van der Waals surface area (Å²) in [4.78, 5) is 118. The Kier molecular flexibility index (Phi) is 24.1. The van der Waals surface area contributed by atoms with Crippen molar-refractivity contribution in [2.45, 2.75) is 44.8 Å². The van der Waals surface area contributed by atoms with Crippen LogP contribution in [0.2, 0.25) is 15.1 Å². The van der Waals surface area contributed by atoms with Gasteiger partial charge in [0.15, 0.2) is 40.5 Å². The van der Waals surface area contributed by atoms with Gasteiger partial charge in [-0.2, -0.15) is 0 Å². The zero-order chi connectivity index (χ0) is 81.7. The summed E-state index contributed by atoms with van der Waals surface area (Å²) in [6.45, 7) is 6.14. The number of likely N-dealkylation sites (tertiary alicyclic amines) is 1. The molecule has 2 fully saturated rings. The van der Waals surface area contributed by atoms with Gasteiger partial charge in [0.2, 0.25) is 0 Å². The summed E-state index contributed by atoms with van der Waals surface area (Å²) in [6.07, 6.45) is 10.4. The first-order valence-electron chi connectivity index (χ1n) is 36.6. The lowest BCUT2D eigenvalue weighted by Gasteiger charge is -2.28. The van der Waals surface area contributed by atoms with E-state index in [1.54, 1.807) is 98.1 Å². The molecular formula is C80H74Cl3N17O14S3. The number of ether oxygens (including phenoxy) is 8. The fourth-order valence-electron chi connectivity index (χ4n) is 14.1. The third-order valence-electron chi connectivity index (χ3n) is 19.5. The van der Waals surface area contributed by atoms with Gasteiger partial charge >= 0.3 is 18.1 Å². The highest BCUT2D eigenvalue weighted by Gasteiger charge is 2.39. The number of carbonyl (C=O) groups excluding carboxylic acids is 6. The van der Waals surface area contributed by atoms with Crippen molar-refractivity contribution in [2.24, 2.45) is 0 Å². The highest BCUT2D eigenvalue weighted by atomic mass is 35.5. The van der Waals surface area contributed by atoms with Gasteiger partial charge in [-0.15, -0.1) is 34.0 Å². The molecule has 17 rings (SSSR count). The second-order valence-electron chi connectivity index (χ2n) is 26.9. The molecule has 11 heterocycles. The summed E-state index contributed by atoms with van der Waals surface area (Å²) in [5.74, 6) is 3.24. The number of carbonyl (C=O) groups is 6. The predicted molar refractivity (Wildman–Crippen MR) is 454 cm³/mol. The average Bonchev–Trinajstić information content (AvgIpc) is 1.66. The maximum absolute atomic E-state index is 13.5. The van der Waals surface area contributed by atoms with Gasteiger partial charge in [-0.1, -0.05) is 53.4 Å². The van der Waals surface area contributed by atoms with Crippen molar-refractivity contribution >= 4 is 204 Å². The van der Waals surface area contributed by atoms with Gasteiger partial charge in [-0.3, -0.25) is 24.2 Å². The third-order valence-corrected chi connectivity index (χ3v) is 23.5. The van der Waals surface area contributed by atoms with Crippen molar-refractivity contribution in [3.05, 3.63) is 170 Å². The van der Waals surface area contributed by atoms with Crippen LogP contribution >= 0.6 is 68.8 Å². The molecule has 602 valence electrons. The Labute approximate surface area is 696 Å². The monoisotopic (exact) mass is 1700 g/mol. The predicted octanol–water partition coefficient (Wildman–Crippen LogP) is 17.4. The fraction of sp³-hybridized carbons (Fsp3) is 0.250. The number of nitrogens with zero attached hydrogens (tertiary/aromatic N) is 11. The van der Waals surface area contributed by atoms with Crippen molar-refractivity contribution < 1.29 is 66.7 Å². The molecule has 2 saturated heterocycles. The van der Waals surface area contributed by atoms with Gasteiger partial charge in [0.05, 0.1) is 99.0 Å². The molecular weight excluding hydrogens is 1630 g/mol. The molecule has 31 nitrogen and oxygen atoms in total. The van der Waals surface area contributed by atoms with Gasteiger partial charge in [-0.05, 0) is 142 Å². The molecule has 6 aromatic carbocycles. The maximum atomic E-state index is 13.5. The quantitative estimate of drug-likeness (QED) is 0.0346. The number of piperidine rings is 1. The zero-order valence-electron chi connectivity index (χ0n) is 63.8. The summed E-state index contributed by atoms with van der Waals surface area (Å²) in [5.41, 5.74) is 5.11. The van der Waals surface area contributed by atoms with E-state index >= 15 is 0 Å². The van der Waals surface area contributed by atoms with Crippen LogP contribution in [0.5, 0.6) is 40.2 Å². The lowest BCUT2D eigenvalue weighted by Crippen LogP contribution is -2.35. The molecule has 0 unspecified atom stereocenters. The molecule has 117 heavy (non-hydrogen) atoms. The Morgan fingerprint density at radius 3 is 1.26 bits per heavy atom. The van der Waals surface area contributed by atoms with E-state index in [1.807, 2.05) is 24.3 Å². The Balaban J connectivity index is 0.000000138. The smallest absolute Gasteiger partial charge is 0.332 e. The van der Waals surface area contributed by atoms with E-state index in [0.29, 0.717) is 177 Å². The Morgan fingerprint density at radius 1 is 0.479 bits per heavy atom. The number of hydrogen-bond acceptors (Lipinski definition) is 25. The number of rotatable bonds is 23. The fourth-order valence-corrected chi connectivity index (χ4v) is 17.5. The Bertz CT molecular complexity index is 5850. The number of benzene rings is 6. The number of methoxy groups -OCH3 is 6. The highest BCUT2D eigenvalue weighted by molar-refractivity contribution is 7.22. The van der Waals surface area contributed by atoms with Crippen molar-refractivity contribution in [1.82, 2.24) is 39.7 Å². The van der Waals surface area contributed by atoms with Gasteiger partial charge in [0.1, 0.15) is 72.0 Å². The molecule has 37 heteroatoms. The second kappa shape index (κ2) is 35.2. The number of halogens is 3. The molecule has 5 aliphatic rings. The van der Waals surface area contributed by atoms with Crippen LogP contribution in [0.4, 0.5) is 83.0 Å². The highest BCUT2D eigenvalue weighted by Crippen LogP contribution is 2.51. The molecule has 0 saturated carbocycles. The minimum atomic E-state index is -0.517. The van der Waals surface area contributed by atoms with Gasteiger partial charge in [-0.25, -0.2) is 59.0 Å². The third kappa shape index (κ3) is 16.8. The summed E-state index contributed by atoms with van der Waals surface area (Å²) >= 11 is 22.1. The van der Waals surface area contributed by atoms with E-state index < -0.39 is 29.9 Å². The molecule has 9 amide bonds. The van der Waals surface area contributed by atoms with E-state index in [1.165, 1.54) is 99.8 Å². The van der Waals surface area contributed by atoms with E-state index in [0.717, 1.165) is 80.4 Å². The first kappa shape index (κ1) is 80.2. The van der Waals surface area contributed by atoms with Crippen LogP contribution in [-0.2, 0) is 11.3 Å². The number of nitrogens with one attached hydrogen (secondary N) is 6. The lowest BCUT2D eigenvalue weighted by molar-refractivity contribution is 0.0793. The van der Waals surface area contributed by atoms with Gasteiger partial charge in [0, 0.05) is 70.5 Å². The number of amides is 9. The summed E-state index contributed by atoms with van der Waals surface area (Å²) in [5, 5.41) is 20.2. The van der Waals surface area contributed by atoms with E-state index in [2.05, 4.69) is 78.7 Å². The lowest BCUT2D eigenvalue weighted by atomic mass is 10.1. The second-order valence-corrected chi connectivity index (χ2v) is 31.2. The summed E-state index contributed by atoms with van der Waals surface area (Å²) in [7, 11) is 11.2. The van der Waals surface area contributed by atoms with Gasteiger partial charge in [0.25, 0.3) is 17.7 Å². The number of likely N-dealkylation sites (N-methyl/N-ethyl adjacent to an activating group) is 1. The molecule has 1 atom stereocenters. The van der Waals surface area contributed by atoms with Crippen molar-refractivity contribution in [3.63, 3.8) is 0 Å². The van der Waals surface area contributed by atoms with E-state index in [9.17, 15) is 28.8 Å². The number of thiophene rings is 3. The molecule has 6 aromatic heterocycles. The zero-order valence-corrected chi connectivity index (χ0v) is 68.5. The normalized spacial score (nSPS) is 14.7. The molecule has 12 aromatic rings. The molecule has 0 aliphatic carbocycles. The summed E-state index contributed by atoms with van der Waals surface area (Å²) in [6, 6.07) is 31.4. The first-order chi connectivity index (χ1) is 56.8. The van der Waals surface area contributed by atoms with Crippen LogP contribution < -0.4 is 79.8 Å². The average molecular weight is 1700 g/mol.